The minimum absolute atomic E-state index is 0.0191. The Labute approximate surface area is 114 Å². The Morgan fingerprint density at radius 3 is 2.63 bits per heavy atom. The number of carbonyl (C=O) groups is 1. The Balaban J connectivity index is 2.14. The first-order valence-electron chi connectivity index (χ1n) is 6.51. The first-order chi connectivity index (χ1) is 9.02. The average Bonchev–Trinajstić information content (AvgIpc) is 2.69. The number of carbonyl (C=O) groups excluding carboxylic acids is 1. The van der Waals surface area contributed by atoms with Gasteiger partial charge in [-0.15, -0.1) is 0 Å². The van der Waals surface area contributed by atoms with Gasteiger partial charge >= 0.3 is 0 Å². The van der Waals surface area contributed by atoms with Crippen molar-refractivity contribution in [2.24, 2.45) is 0 Å². The predicted octanol–water partition coefficient (Wildman–Crippen LogP) is 0.897. The van der Waals surface area contributed by atoms with E-state index in [4.69, 9.17) is 0 Å². The smallest absolute Gasteiger partial charge is 0.246 e. The summed E-state index contributed by atoms with van der Waals surface area (Å²) >= 11 is 0. The first-order valence-corrected chi connectivity index (χ1v) is 6.51. The van der Waals surface area contributed by atoms with Crippen LogP contribution in [0.5, 0.6) is 0 Å². The third kappa shape index (κ3) is 2.88. The van der Waals surface area contributed by atoms with Crippen molar-refractivity contribution < 1.29 is 4.79 Å². The number of amides is 1. The fourth-order valence-electron chi connectivity index (χ4n) is 2.25. The maximum Gasteiger partial charge on any atom is 0.246 e. The van der Waals surface area contributed by atoms with Crippen LogP contribution in [0.1, 0.15) is 11.6 Å². The van der Waals surface area contributed by atoms with Crippen molar-refractivity contribution in [3.05, 3.63) is 23.8 Å². The molecule has 1 heterocycles. The monoisotopic (exact) mass is 262 g/mol. The van der Waals surface area contributed by atoms with Crippen molar-refractivity contribution in [2.75, 3.05) is 51.5 Å². The lowest BCUT2D eigenvalue weighted by Crippen LogP contribution is -2.28. The molecule has 0 radical (unpaired) electrons. The number of anilines is 2. The molecule has 1 aliphatic heterocycles. The summed E-state index contributed by atoms with van der Waals surface area (Å²) in [6, 6.07) is 5.91. The zero-order valence-corrected chi connectivity index (χ0v) is 12.0. The van der Waals surface area contributed by atoms with Crippen molar-refractivity contribution in [2.45, 2.75) is 6.04 Å². The van der Waals surface area contributed by atoms with Crippen molar-refractivity contribution in [1.82, 2.24) is 10.2 Å². The molecule has 104 valence electrons. The lowest BCUT2D eigenvalue weighted by Gasteiger charge is -2.22. The van der Waals surface area contributed by atoms with Gasteiger partial charge in [0.2, 0.25) is 5.91 Å². The summed E-state index contributed by atoms with van der Waals surface area (Å²) in [5, 5.41) is 5.95. The maximum absolute atomic E-state index is 11.8. The summed E-state index contributed by atoms with van der Waals surface area (Å²) in [6.07, 6.45) is 0. The summed E-state index contributed by atoms with van der Waals surface area (Å²) in [6.45, 7) is 1.95. The van der Waals surface area contributed by atoms with Gasteiger partial charge in [-0.05, 0) is 33.3 Å². The number of benzene rings is 1. The van der Waals surface area contributed by atoms with Crippen LogP contribution in [0.25, 0.3) is 0 Å². The Hall–Kier alpha value is -1.59. The zero-order valence-electron chi connectivity index (χ0n) is 12.0. The highest BCUT2D eigenvalue weighted by molar-refractivity contribution is 6.03. The largest absolute Gasteiger partial charge is 0.373 e. The molecule has 0 saturated heterocycles. The third-order valence-electron chi connectivity index (χ3n) is 3.48. The molecule has 0 saturated carbocycles. The Kier molecular flexibility index (Phi) is 4.07. The molecule has 1 aromatic rings. The fourth-order valence-corrected chi connectivity index (χ4v) is 2.25. The van der Waals surface area contributed by atoms with E-state index in [-0.39, 0.29) is 11.9 Å². The molecule has 2 rings (SSSR count). The molecule has 19 heavy (non-hydrogen) atoms. The predicted molar refractivity (Wildman–Crippen MR) is 78.7 cm³/mol. The summed E-state index contributed by atoms with van der Waals surface area (Å²) in [5.41, 5.74) is 3.06. The molecule has 2 N–H and O–H groups in total. The molecular formula is C14H22N4O. The molecule has 1 aromatic carbocycles. The van der Waals surface area contributed by atoms with Crippen LogP contribution in [0.3, 0.4) is 0 Å². The van der Waals surface area contributed by atoms with Gasteiger partial charge in [-0.1, -0.05) is 6.07 Å². The molecule has 1 aliphatic rings. The van der Waals surface area contributed by atoms with Crippen LogP contribution in [0.4, 0.5) is 11.4 Å². The standard InChI is InChI=1S/C14H22N4O/c1-15-13-11-6-5-10(9-12(11)16-14(13)19)18(4)8-7-17(2)3/h5-6,9,13,15H,7-8H2,1-4H3,(H,16,19). The van der Waals surface area contributed by atoms with Gasteiger partial charge in [-0.3, -0.25) is 4.79 Å². The maximum atomic E-state index is 11.8. The zero-order chi connectivity index (χ0) is 14.0. The number of nitrogens with zero attached hydrogens (tertiary/aromatic N) is 2. The highest BCUT2D eigenvalue weighted by atomic mass is 16.2. The van der Waals surface area contributed by atoms with E-state index in [9.17, 15) is 4.79 Å². The summed E-state index contributed by atoms with van der Waals surface area (Å²) in [4.78, 5) is 16.1. The third-order valence-corrected chi connectivity index (χ3v) is 3.48. The van der Waals surface area contributed by atoms with Crippen LogP contribution in [-0.2, 0) is 4.79 Å². The SMILES string of the molecule is CNC1C(=O)Nc2cc(N(C)CCN(C)C)ccc21. The minimum Gasteiger partial charge on any atom is -0.373 e. The topological polar surface area (TPSA) is 47.6 Å². The van der Waals surface area contributed by atoms with Crippen molar-refractivity contribution in [3.8, 4) is 0 Å². The molecule has 1 atom stereocenters. The Bertz CT molecular complexity index is 473. The van der Waals surface area contributed by atoms with E-state index >= 15 is 0 Å². The minimum atomic E-state index is -0.226. The molecule has 0 bridgehead atoms. The van der Waals surface area contributed by atoms with Crippen LogP contribution in [-0.4, -0.2) is 52.1 Å². The van der Waals surface area contributed by atoms with Gasteiger partial charge < -0.3 is 20.4 Å². The van der Waals surface area contributed by atoms with Crippen molar-refractivity contribution >= 4 is 17.3 Å². The lowest BCUT2D eigenvalue weighted by molar-refractivity contribution is -0.117. The van der Waals surface area contributed by atoms with E-state index in [1.165, 1.54) is 0 Å². The second-order valence-corrected chi connectivity index (χ2v) is 5.21. The lowest BCUT2D eigenvalue weighted by atomic mass is 10.1. The first kappa shape index (κ1) is 13.8. The highest BCUT2D eigenvalue weighted by Gasteiger charge is 2.29. The number of rotatable bonds is 5. The molecule has 0 aliphatic carbocycles. The molecule has 1 amide bonds. The molecule has 5 heteroatoms. The molecule has 0 fully saturated rings. The molecule has 1 unspecified atom stereocenters. The van der Waals surface area contributed by atoms with Gasteiger partial charge in [-0.2, -0.15) is 0 Å². The van der Waals surface area contributed by atoms with Gasteiger partial charge in [0, 0.05) is 37.1 Å². The molecule has 0 aromatic heterocycles. The van der Waals surface area contributed by atoms with Gasteiger partial charge in [-0.25, -0.2) is 0 Å². The fraction of sp³-hybridized carbons (Fsp3) is 0.500. The van der Waals surface area contributed by atoms with Crippen LogP contribution < -0.4 is 15.5 Å². The Morgan fingerprint density at radius 1 is 1.26 bits per heavy atom. The van der Waals surface area contributed by atoms with E-state index in [0.29, 0.717) is 0 Å². The van der Waals surface area contributed by atoms with Gasteiger partial charge in [0.25, 0.3) is 0 Å². The molecular weight excluding hydrogens is 240 g/mol. The summed E-state index contributed by atoms with van der Waals surface area (Å²) in [5.74, 6) is 0.0191. The number of hydrogen-bond acceptors (Lipinski definition) is 4. The number of fused-ring (bicyclic) bond motifs is 1. The van der Waals surface area contributed by atoms with Gasteiger partial charge in [0.05, 0.1) is 0 Å². The van der Waals surface area contributed by atoms with E-state index in [2.05, 4.69) is 47.6 Å². The quantitative estimate of drug-likeness (QED) is 0.827. The Morgan fingerprint density at radius 2 is 2.00 bits per heavy atom. The summed E-state index contributed by atoms with van der Waals surface area (Å²) < 4.78 is 0. The summed E-state index contributed by atoms with van der Waals surface area (Å²) in [7, 11) is 8.00. The van der Waals surface area contributed by atoms with Crippen LogP contribution in [0, 0.1) is 0 Å². The van der Waals surface area contributed by atoms with E-state index in [1.54, 1.807) is 7.05 Å². The second-order valence-electron chi connectivity index (χ2n) is 5.21. The number of nitrogens with one attached hydrogen (secondary N) is 2. The van der Waals surface area contributed by atoms with Crippen LogP contribution in [0.15, 0.2) is 18.2 Å². The van der Waals surface area contributed by atoms with Gasteiger partial charge in [0.15, 0.2) is 0 Å². The molecule has 5 nitrogen and oxygen atoms in total. The van der Waals surface area contributed by atoms with E-state index in [1.807, 2.05) is 12.1 Å². The molecule has 0 spiro atoms. The van der Waals surface area contributed by atoms with E-state index in [0.717, 1.165) is 30.0 Å². The van der Waals surface area contributed by atoms with E-state index < -0.39 is 0 Å². The average molecular weight is 262 g/mol. The van der Waals surface area contributed by atoms with Crippen molar-refractivity contribution in [3.63, 3.8) is 0 Å². The van der Waals surface area contributed by atoms with Crippen molar-refractivity contribution in [1.29, 1.82) is 0 Å². The van der Waals surface area contributed by atoms with Crippen LogP contribution in [0.2, 0.25) is 0 Å². The number of likely N-dealkylation sites (N-methyl/N-ethyl adjacent to an activating group) is 3. The normalized spacial score (nSPS) is 17.5. The van der Waals surface area contributed by atoms with Crippen LogP contribution >= 0.6 is 0 Å². The second kappa shape index (κ2) is 5.59. The highest BCUT2D eigenvalue weighted by Crippen LogP contribution is 2.33. The van der Waals surface area contributed by atoms with Gasteiger partial charge in [0.1, 0.15) is 6.04 Å². The number of hydrogen-bond donors (Lipinski definition) is 2.